The van der Waals surface area contributed by atoms with Crippen molar-refractivity contribution < 1.29 is 8.42 Å². The molecule has 0 aromatic heterocycles. The van der Waals surface area contributed by atoms with Gasteiger partial charge >= 0.3 is 0 Å². The fraction of sp³-hybridized carbons (Fsp3) is 0. The van der Waals surface area contributed by atoms with Crippen LogP contribution in [0.4, 0.5) is 0 Å². The van der Waals surface area contributed by atoms with Gasteiger partial charge in [0.2, 0.25) is 5.29 Å². The van der Waals surface area contributed by atoms with Gasteiger partial charge in [-0.15, -0.1) is 4.40 Å². The number of halogens is 1. The molecule has 0 unspecified atom stereocenters. The SMILES string of the molecule is NC(Cl)=NS(=O)(=O)c1ccccc1. The summed E-state index contributed by atoms with van der Waals surface area (Å²) in [5.74, 6) is 0. The second kappa shape index (κ2) is 3.76. The molecular weight excluding hydrogens is 212 g/mol. The van der Waals surface area contributed by atoms with Crippen LogP contribution in [0.25, 0.3) is 0 Å². The largest absolute Gasteiger partial charge is 0.373 e. The lowest BCUT2D eigenvalue weighted by atomic mass is 10.4. The fourth-order valence-corrected chi connectivity index (χ4v) is 1.87. The summed E-state index contributed by atoms with van der Waals surface area (Å²) in [6.07, 6.45) is 0. The molecule has 0 aliphatic rings. The quantitative estimate of drug-likeness (QED) is 0.456. The van der Waals surface area contributed by atoms with Crippen LogP contribution in [-0.2, 0) is 10.0 Å². The minimum Gasteiger partial charge on any atom is -0.373 e. The summed E-state index contributed by atoms with van der Waals surface area (Å²) < 4.78 is 25.7. The van der Waals surface area contributed by atoms with Crippen LogP contribution in [0, 0.1) is 0 Å². The summed E-state index contributed by atoms with van der Waals surface area (Å²) in [5, 5.41) is -0.496. The smallest absolute Gasteiger partial charge is 0.285 e. The Morgan fingerprint density at radius 2 is 1.85 bits per heavy atom. The van der Waals surface area contributed by atoms with Gasteiger partial charge in [0.1, 0.15) is 0 Å². The molecular formula is C7H7ClN2O2S. The van der Waals surface area contributed by atoms with E-state index in [-0.39, 0.29) is 4.90 Å². The second-order valence-electron chi connectivity index (χ2n) is 2.20. The normalized spacial score (nSPS) is 12.8. The van der Waals surface area contributed by atoms with Gasteiger partial charge in [0.25, 0.3) is 10.0 Å². The molecule has 0 saturated heterocycles. The van der Waals surface area contributed by atoms with Crippen molar-refractivity contribution in [1.82, 2.24) is 0 Å². The van der Waals surface area contributed by atoms with Crippen molar-refractivity contribution in [1.29, 1.82) is 0 Å². The first-order valence-corrected chi connectivity index (χ1v) is 5.15. The number of amidine groups is 1. The molecule has 0 heterocycles. The average Bonchev–Trinajstić information content (AvgIpc) is 2.04. The van der Waals surface area contributed by atoms with Gasteiger partial charge in [-0.2, -0.15) is 8.42 Å². The topological polar surface area (TPSA) is 72.5 Å². The molecule has 0 aliphatic heterocycles. The molecule has 1 aromatic rings. The van der Waals surface area contributed by atoms with Crippen LogP contribution in [0.3, 0.4) is 0 Å². The van der Waals surface area contributed by atoms with Crippen LogP contribution in [0.1, 0.15) is 0 Å². The van der Waals surface area contributed by atoms with Gasteiger partial charge in [-0.25, -0.2) is 0 Å². The Balaban J connectivity index is 3.18. The zero-order chi connectivity index (χ0) is 9.90. The van der Waals surface area contributed by atoms with Crippen molar-refractivity contribution in [2.24, 2.45) is 10.1 Å². The molecule has 0 fully saturated rings. The Morgan fingerprint density at radius 1 is 1.31 bits per heavy atom. The van der Waals surface area contributed by atoms with Gasteiger partial charge in [0.15, 0.2) is 0 Å². The van der Waals surface area contributed by atoms with E-state index in [4.69, 9.17) is 17.3 Å². The molecule has 0 radical (unpaired) electrons. The van der Waals surface area contributed by atoms with E-state index < -0.39 is 15.3 Å². The van der Waals surface area contributed by atoms with Crippen molar-refractivity contribution in [2.45, 2.75) is 4.90 Å². The fourth-order valence-electron chi connectivity index (χ4n) is 0.760. The Hall–Kier alpha value is -1.07. The molecule has 13 heavy (non-hydrogen) atoms. The molecule has 6 heteroatoms. The number of hydrogen-bond donors (Lipinski definition) is 1. The molecule has 2 N–H and O–H groups in total. The number of rotatable bonds is 2. The minimum absolute atomic E-state index is 0.0681. The standard InChI is InChI=1S/C7H7ClN2O2S/c8-7(9)10-13(11,12)6-4-2-1-3-5-6/h1-5H,(H2,9,10). The number of nitrogens with zero attached hydrogens (tertiary/aromatic N) is 1. The summed E-state index contributed by atoms with van der Waals surface area (Å²) >= 11 is 5.16. The molecule has 0 atom stereocenters. The molecule has 0 aliphatic carbocycles. The Morgan fingerprint density at radius 3 is 2.31 bits per heavy atom. The van der Waals surface area contributed by atoms with Gasteiger partial charge in [-0.05, 0) is 23.7 Å². The molecule has 0 bridgehead atoms. The third-order valence-electron chi connectivity index (χ3n) is 1.25. The zero-order valence-electron chi connectivity index (χ0n) is 6.51. The lowest BCUT2D eigenvalue weighted by Gasteiger charge is -1.96. The lowest BCUT2D eigenvalue weighted by molar-refractivity contribution is 0.598. The number of hydrogen-bond acceptors (Lipinski definition) is 2. The van der Waals surface area contributed by atoms with Crippen LogP contribution in [0.2, 0.25) is 0 Å². The first kappa shape index (κ1) is 10.0. The lowest BCUT2D eigenvalue weighted by Crippen LogP contribution is -2.07. The first-order chi connectivity index (χ1) is 6.02. The van der Waals surface area contributed by atoms with E-state index in [0.29, 0.717) is 0 Å². The highest BCUT2D eigenvalue weighted by Gasteiger charge is 2.11. The summed E-state index contributed by atoms with van der Waals surface area (Å²) in [6.45, 7) is 0. The number of sulfonamides is 1. The molecule has 1 aromatic carbocycles. The highest BCUT2D eigenvalue weighted by Crippen LogP contribution is 2.10. The van der Waals surface area contributed by atoms with E-state index in [2.05, 4.69) is 4.40 Å². The maximum absolute atomic E-state index is 11.3. The van der Waals surface area contributed by atoms with E-state index in [0.717, 1.165) is 0 Å². The molecule has 0 amide bonds. The zero-order valence-corrected chi connectivity index (χ0v) is 8.09. The van der Waals surface area contributed by atoms with Crippen molar-refractivity contribution in [3.63, 3.8) is 0 Å². The van der Waals surface area contributed by atoms with Gasteiger partial charge in [0.05, 0.1) is 4.90 Å². The van der Waals surface area contributed by atoms with Crippen molar-refractivity contribution in [3.05, 3.63) is 30.3 Å². The maximum atomic E-state index is 11.3. The van der Waals surface area contributed by atoms with E-state index in [1.165, 1.54) is 12.1 Å². The Labute approximate surface area is 81.1 Å². The van der Waals surface area contributed by atoms with Crippen LogP contribution >= 0.6 is 11.6 Å². The van der Waals surface area contributed by atoms with Crippen molar-refractivity contribution in [2.75, 3.05) is 0 Å². The van der Waals surface area contributed by atoms with E-state index >= 15 is 0 Å². The Kier molecular flexibility index (Phi) is 2.90. The molecule has 70 valence electrons. The van der Waals surface area contributed by atoms with Crippen molar-refractivity contribution in [3.8, 4) is 0 Å². The summed E-state index contributed by atoms with van der Waals surface area (Å²) in [5.41, 5.74) is 4.95. The predicted octanol–water partition coefficient (Wildman–Crippen LogP) is 0.929. The van der Waals surface area contributed by atoms with Gasteiger partial charge in [-0.3, -0.25) is 0 Å². The summed E-state index contributed by atoms with van der Waals surface area (Å²) in [4.78, 5) is 0.0681. The van der Waals surface area contributed by atoms with Gasteiger partial charge in [0, 0.05) is 0 Å². The first-order valence-electron chi connectivity index (χ1n) is 3.33. The summed E-state index contributed by atoms with van der Waals surface area (Å²) in [6, 6.07) is 7.71. The van der Waals surface area contributed by atoms with Gasteiger partial charge in [-0.1, -0.05) is 18.2 Å². The molecule has 0 saturated carbocycles. The number of nitrogens with two attached hydrogens (primary N) is 1. The average molecular weight is 219 g/mol. The highest BCUT2D eigenvalue weighted by atomic mass is 35.5. The van der Waals surface area contributed by atoms with Crippen molar-refractivity contribution >= 4 is 26.9 Å². The number of benzene rings is 1. The third-order valence-corrected chi connectivity index (χ3v) is 2.74. The van der Waals surface area contributed by atoms with Crippen LogP contribution in [0.15, 0.2) is 39.6 Å². The van der Waals surface area contributed by atoms with Crippen LogP contribution < -0.4 is 5.73 Å². The Bertz CT molecular complexity index is 409. The summed E-state index contributed by atoms with van der Waals surface area (Å²) in [7, 11) is -3.73. The van der Waals surface area contributed by atoms with Crippen LogP contribution in [0.5, 0.6) is 0 Å². The van der Waals surface area contributed by atoms with Gasteiger partial charge < -0.3 is 5.73 Å². The monoisotopic (exact) mass is 218 g/mol. The molecule has 1 rings (SSSR count). The van der Waals surface area contributed by atoms with Crippen LogP contribution in [-0.4, -0.2) is 13.7 Å². The minimum atomic E-state index is -3.73. The van der Waals surface area contributed by atoms with E-state index in [9.17, 15) is 8.42 Å². The van der Waals surface area contributed by atoms with E-state index in [1.54, 1.807) is 18.2 Å². The molecule has 0 spiro atoms. The van der Waals surface area contributed by atoms with E-state index in [1.807, 2.05) is 0 Å². The highest BCUT2D eigenvalue weighted by molar-refractivity contribution is 7.90. The third kappa shape index (κ3) is 2.71. The maximum Gasteiger partial charge on any atom is 0.285 e. The second-order valence-corrected chi connectivity index (χ2v) is 4.19. The predicted molar refractivity (Wildman–Crippen MR) is 51.1 cm³/mol. The molecule has 4 nitrogen and oxygen atoms in total.